The molecular weight excluding hydrogens is 526 g/mol. The van der Waals surface area contributed by atoms with E-state index in [0.29, 0.717) is 18.3 Å². The lowest BCUT2D eigenvalue weighted by molar-refractivity contribution is -0.137. The lowest BCUT2D eigenvalue weighted by atomic mass is 10.0. The normalized spacial score (nSPS) is 15.3. The number of alkyl halides is 3. The maximum atomic E-state index is 15.4. The Morgan fingerprint density at radius 3 is 2.50 bits per heavy atom. The monoisotopic (exact) mass is 547 g/mol. The molecule has 1 fully saturated rings. The second-order valence-corrected chi connectivity index (χ2v) is 9.22. The van der Waals surface area contributed by atoms with Crippen LogP contribution >= 0.6 is 12.2 Å². The van der Waals surface area contributed by atoms with Crippen molar-refractivity contribution in [2.45, 2.75) is 38.9 Å². The number of rotatable bonds is 6. The Bertz CT molecular complexity index is 1500. The van der Waals surface area contributed by atoms with Gasteiger partial charge in [-0.1, -0.05) is 6.92 Å². The van der Waals surface area contributed by atoms with E-state index in [-0.39, 0.29) is 46.5 Å². The minimum Gasteiger partial charge on any atom is -0.475 e. The molecule has 1 amide bonds. The number of hydrogen-bond acceptors (Lipinski definition) is 7. The molecule has 4 rings (SSSR count). The van der Waals surface area contributed by atoms with E-state index in [1.807, 2.05) is 0 Å². The Kier molecular flexibility index (Phi) is 6.98. The van der Waals surface area contributed by atoms with Gasteiger partial charge in [0, 0.05) is 12.1 Å². The van der Waals surface area contributed by atoms with Gasteiger partial charge in [0.1, 0.15) is 23.5 Å². The number of halogens is 4. The summed E-state index contributed by atoms with van der Waals surface area (Å²) in [6, 6.07) is 6.93. The second-order valence-electron chi connectivity index (χ2n) is 8.85. The number of carbonyl (C=O) groups excluding carboxylic acids is 1. The number of amides is 1. The van der Waals surface area contributed by atoms with Gasteiger partial charge in [0.2, 0.25) is 5.88 Å². The van der Waals surface area contributed by atoms with Crippen molar-refractivity contribution in [1.82, 2.24) is 9.97 Å². The van der Waals surface area contributed by atoms with Crippen LogP contribution in [0.2, 0.25) is 0 Å². The highest BCUT2D eigenvalue weighted by Gasteiger charge is 2.51. The third kappa shape index (κ3) is 4.50. The number of ether oxygens (including phenoxy) is 1. The molecule has 198 valence electrons. The Hall–Kier alpha value is -3.89. The molecule has 0 radical (unpaired) electrons. The van der Waals surface area contributed by atoms with E-state index in [9.17, 15) is 23.1 Å². The number of nitriles is 1. The van der Waals surface area contributed by atoms with Crippen molar-refractivity contribution in [3.05, 3.63) is 53.1 Å². The van der Waals surface area contributed by atoms with Crippen molar-refractivity contribution in [2.24, 2.45) is 0 Å². The molecule has 1 aliphatic rings. The Morgan fingerprint density at radius 2 is 1.89 bits per heavy atom. The molecule has 0 aliphatic carbocycles. The van der Waals surface area contributed by atoms with Gasteiger partial charge in [-0.25, -0.2) is 9.37 Å². The number of aliphatic hydroxyl groups excluding tert-OH is 1. The summed E-state index contributed by atoms with van der Waals surface area (Å²) < 4.78 is 61.6. The molecule has 13 heteroatoms. The van der Waals surface area contributed by atoms with E-state index in [2.05, 4.69) is 9.97 Å². The van der Waals surface area contributed by atoms with Crippen molar-refractivity contribution in [1.29, 1.82) is 5.26 Å². The number of carbonyl (C=O) groups is 1. The first-order chi connectivity index (χ1) is 17.8. The summed E-state index contributed by atoms with van der Waals surface area (Å²) in [5.41, 5.74) is -3.36. The highest BCUT2D eigenvalue weighted by atomic mass is 32.1. The van der Waals surface area contributed by atoms with E-state index in [0.717, 1.165) is 17.0 Å². The number of aliphatic hydroxyl groups is 1. The molecule has 8 nitrogen and oxygen atoms in total. The second kappa shape index (κ2) is 9.77. The van der Waals surface area contributed by atoms with E-state index in [1.165, 1.54) is 36.9 Å². The van der Waals surface area contributed by atoms with Crippen LogP contribution in [0.3, 0.4) is 0 Å². The predicted molar refractivity (Wildman–Crippen MR) is 134 cm³/mol. The molecule has 3 aromatic rings. The first-order valence-corrected chi connectivity index (χ1v) is 11.8. The summed E-state index contributed by atoms with van der Waals surface area (Å²) >= 11 is 5.53. The van der Waals surface area contributed by atoms with Crippen molar-refractivity contribution in [3.63, 3.8) is 0 Å². The summed E-state index contributed by atoms with van der Waals surface area (Å²) in [7, 11) is 0. The summed E-state index contributed by atoms with van der Waals surface area (Å²) in [5.74, 6) is -1.08. The molecule has 2 heterocycles. The molecule has 0 spiro atoms. The van der Waals surface area contributed by atoms with Gasteiger partial charge in [-0.3, -0.25) is 9.69 Å². The van der Waals surface area contributed by atoms with E-state index < -0.39 is 34.6 Å². The molecule has 0 unspecified atom stereocenters. The summed E-state index contributed by atoms with van der Waals surface area (Å²) in [4.78, 5) is 24.2. The van der Waals surface area contributed by atoms with Crippen LogP contribution in [0.4, 0.5) is 28.9 Å². The topological polar surface area (TPSA) is 103 Å². The lowest BCUT2D eigenvalue weighted by Crippen LogP contribution is -2.44. The number of aryl methyl sites for hydroxylation is 1. The van der Waals surface area contributed by atoms with Crippen LogP contribution in [0.5, 0.6) is 5.88 Å². The molecule has 1 aromatic heterocycles. The molecule has 0 saturated carbocycles. The average molecular weight is 548 g/mol. The van der Waals surface area contributed by atoms with Gasteiger partial charge in [-0.2, -0.15) is 23.4 Å². The highest BCUT2D eigenvalue weighted by Crippen LogP contribution is 2.41. The van der Waals surface area contributed by atoms with Crippen LogP contribution in [-0.4, -0.2) is 44.8 Å². The van der Waals surface area contributed by atoms with Gasteiger partial charge in [-0.15, -0.1) is 0 Å². The molecule has 38 heavy (non-hydrogen) atoms. The number of thiocarbonyl (C=S) groups is 1. The number of hydrogen-bond donors (Lipinski definition) is 1. The fourth-order valence-electron chi connectivity index (χ4n) is 4.19. The average Bonchev–Trinajstić information content (AvgIpc) is 3.04. The predicted octanol–water partition coefficient (Wildman–Crippen LogP) is 4.51. The van der Waals surface area contributed by atoms with Gasteiger partial charge in [0.15, 0.2) is 10.9 Å². The molecule has 2 aromatic carbocycles. The van der Waals surface area contributed by atoms with Crippen molar-refractivity contribution >= 4 is 45.5 Å². The molecule has 0 bridgehead atoms. The highest BCUT2D eigenvalue weighted by molar-refractivity contribution is 7.81. The molecule has 0 atom stereocenters. The lowest BCUT2D eigenvalue weighted by Gasteiger charge is -2.29. The minimum absolute atomic E-state index is 0.0228. The molecule has 1 N–H and O–H groups in total. The van der Waals surface area contributed by atoms with Crippen LogP contribution in [0.25, 0.3) is 10.9 Å². The van der Waals surface area contributed by atoms with Gasteiger partial charge in [0.25, 0.3) is 5.91 Å². The van der Waals surface area contributed by atoms with Gasteiger partial charge in [-0.05, 0) is 56.4 Å². The summed E-state index contributed by atoms with van der Waals surface area (Å²) in [6.45, 7) is 4.35. The first kappa shape index (κ1) is 27.2. The quantitative estimate of drug-likeness (QED) is 0.355. The van der Waals surface area contributed by atoms with E-state index in [1.54, 1.807) is 6.92 Å². The van der Waals surface area contributed by atoms with E-state index in [4.69, 9.17) is 22.2 Å². The third-order valence-corrected chi connectivity index (χ3v) is 6.37. The molecule has 1 aliphatic heterocycles. The molecule has 1 saturated heterocycles. The Labute approximate surface area is 220 Å². The van der Waals surface area contributed by atoms with Crippen LogP contribution in [0.1, 0.15) is 37.7 Å². The van der Waals surface area contributed by atoms with Gasteiger partial charge >= 0.3 is 6.18 Å². The first-order valence-electron chi connectivity index (χ1n) is 11.4. The number of aromatic nitrogens is 2. The fraction of sp³-hybridized carbons (Fsp3) is 0.320. The van der Waals surface area contributed by atoms with Crippen LogP contribution in [-0.2, 0) is 17.4 Å². The minimum atomic E-state index is -4.84. The number of nitrogens with zero attached hydrogens (tertiary/aromatic N) is 5. The standard InChI is InChI=1S/C25H21F4N5O3S/c1-4-19-31-20-16(21(32-19)37-8-7-35)9-15(11-18(20)26)34-23(38)33(22(36)24(34,2)3)14-6-5-13(12-30)17(10-14)25(27,28)29/h5-6,9-11,35H,4,7-8H2,1-3H3. The van der Waals surface area contributed by atoms with Crippen molar-refractivity contribution in [2.75, 3.05) is 23.0 Å². The smallest absolute Gasteiger partial charge is 0.417 e. The maximum absolute atomic E-state index is 15.4. The summed E-state index contributed by atoms with van der Waals surface area (Å²) in [6.07, 6.45) is -4.45. The largest absolute Gasteiger partial charge is 0.475 e. The fourth-order valence-corrected chi connectivity index (χ4v) is 4.71. The Balaban J connectivity index is 1.86. The SMILES string of the molecule is CCc1nc(OCCO)c2cc(N3C(=S)N(c4ccc(C#N)c(C(F)(F)F)c4)C(=O)C3(C)C)cc(F)c2n1. The van der Waals surface area contributed by atoms with Crippen molar-refractivity contribution < 1.29 is 32.2 Å². The Morgan fingerprint density at radius 1 is 1.18 bits per heavy atom. The maximum Gasteiger partial charge on any atom is 0.417 e. The zero-order chi connectivity index (χ0) is 28.0. The van der Waals surface area contributed by atoms with E-state index >= 15 is 4.39 Å². The molecular formula is C25H21F4N5O3S. The zero-order valence-electron chi connectivity index (χ0n) is 20.4. The number of anilines is 2. The van der Waals surface area contributed by atoms with Gasteiger partial charge < -0.3 is 14.7 Å². The van der Waals surface area contributed by atoms with Gasteiger partial charge in [0.05, 0.1) is 34.9 Å². The van der Waals surface area contributed by atoms with Crippen LogP contribution in [0.15, 0.2) is 30.3 Å². The van der Waals surface area contributed by atoms with Crippen LogP contribution in [0, 0.1) is 17.1 Å². The van der Waals surface area contributed by atoms with Crippen molar-refractivity contribution in [3.8, 4) is 11.9 Å². The third-order valence-electron chi connectivity index (χ3n) is 6.01. The number of fused-ring (bicyclic) bond motifs is 1. The zero-order valence-corrected chi connectivity index (χ0v) is 21.2. The summed E-state index contributed by atoms with van der Waals surface area (Å²) in [5, 5.41) is 18.3. The van der Waals surface area contributed by atoms with Crippen LogP contribution < -0.4 is 14.5 Å². The number of benzene rings is 2.